The monoisotopic (exact) mass is 571 g/mol. The van der Waals surface area contributed by atoms with Crippen LogP contribution in [0.2, 0.25) is 5.02 Å². The Morgan fingerprint density at radius 1 is 1.25 bits per heavy atom. The van der Waals surface area contributed by atoms with E-state index < -0.39 is 24.1 Å². The Kier molecular flexibility index (Phi) is 5.64. The second kappa shape index (κ2) is 8.92. The van der Waals surface area contributed by atoms with Gasteiger partial charge in [0.1, 0.15) is 11.2 Å². The zero-order chi connectivity index (χ0) is 27.9. The highest BCUT2D eigenvalue weighted by Gasteiger charge is 2.51. The normalized spacial score (nSPS) is 24.9. The first-order valence-electron chi connectivity index (χ1n) is 13.4. The molecule has 2 aromatic heterocycles. The molecule has 1 aliphatic carbocycles. The first kappa shape index (κ1) is 25.3. The molecule has 1 amide bonds. The molecule has 3 aromatic rings. The van der Waals surface area contributed by atoms with Gasteiger partial charge in [0.05, 0.1) is 29.5 Å². The number of pyridine rings is 1. The zero-order valence-electron chi connectivity index (χ0n) is 22.0. The minimum Gasteiger partial charge on any atom is -0.480 e. The number of fused-ring (bicyclic) bond motifs is 5. The molecule has 0 spiro atoms. The number of aromatic nitrogens is 3. The van der Waals surface area contributed by atoms with E-state index in [1.807, 2.05) is 9.80 Å². The Labute approximate surface area is 233 Å². The highest BCUT2D eigenvalue weighted by atomic mass is 35.5. The Bertz CT molecular complexity index is 1610. The highest BCUT2D eigenvalue weighted by molar-refractivity contribution is 6.33. The molecule has 3 atom stereocenters. The molecular weight excluding hydrogens is 544 g/mol. The molecule has 40 heavy (non-hydrogen) atoms. The molecule has 2 N–H and O–H groups in total. The van der Waals surface area contributed by atoms with Crippen molar-refractivity contribution in [2.24, 2.45) is 13.0 Å². The van der Waals surface area contributed by atoms with Gasteiger partial charge in [0.15, 0.2) is 12.4 Å². The first-order valence-corrected chi connectivity index (χ1v) is 13.8. The lowest BCUT2D eigenvalue weighted by atomic mass is 10.0. The number of amides is 1. The number of hydrogen-bond acceptors (Lipinski definition) is 8. The summed E-state index contributed by atoms with van der Waals surface area (Å²) in [5.41, 5.74) is 0.944. The van der Waals surface area contributed by atoms with Gasteiger partial charge in [-0.15, -0.1) is 0 Å². The van der Waals surface area contributed by atoms with E-state index in [1.54, 1.807) is 32.2 Å². The summed E-state index contributed by atoms with van der Waals surface area (Å²) in [6.07, 6.45) is 4.64. The molecule has 13 heteroatoms. The second-order valence-electron chi connectivity index (χ2n) is 11.1. The molecule has 1 aromatic carbocycles. The Morgan fingerprint density at radius 2 is 2.05 bits per heavy atom. The summed E-state index contributed by atoms with van der Waals surface area (Å²) in [5, 5.41) is 7.08. The van der Waals surface area contributed by atoms with E-state index in [0.717, 1.165) is 12.8 Å². The van der Waals surface area contributed by atoms with E-state index in [4.69, 9.17) is 16.3 Å². The predicted molar refractivity (Wildman–Crippen MR) is 147 cm³/mol. The number of nitrogens with one attached hydrogen (secondary N) is 2. The van der Waals surface area contributed by atoms with Crippen LogP contribution in [0.1, 0.15) is 32.6 Å². The van der Waals surface area contributed by atoms with Gasteiger partial charge >= 0.3 is 5.92 Å². The van der Waals surface area contributed by atoms with E-state index in [9.17, 15) is 18.4 Å². The fraction of sp³-hybridized carbons (Fsp3) is 0.481. The average Bonchev–Trinajstić information content (AvgIpc) is 3.60. The fourth-order valence-corrected chi connectivity index (χ4v) is 6.52. The molecule has 10 nitrogen and oxygen atoms in total. The van der Waals surface area contributed by atoms with Crippen LogP contribution in [0.3, 0.4) is 0 Å². The number of ether oxygens (including phenoxy) is 1. The van der Waals surface area contributed by atoms with E-state index in [2.05, 4.69) is 20.6 Å². The number of piperidine rings is 1. The smallest absolute Gasteiger partial charge is 0.301 e. The van der Waals surface area contributed by atoms with Crippen LogP contribution in [0.4, 0.5) is 31.9 Å². The van der Waals surface area contributed by atoms with Crippen LogP contribution in [0, 0.1) is 5.92 Å². The van der Waals surface area contributed by atoms with Crippen molar-refractivity contribution in [1.82, 2.24) is 19.4 Å². The topological polar surface area (TPSA) is 105 Å². The van der Waals surface area contributed by atoms with Crippen molar-refractivity contribution in [3.8, 4) is 5.75 Å². The molecule has 3 fully saturated rings. The average molecular weight is 572 g/mol. The summed E-state index contributed by atoms with van der Waals surface area (Å²) < 4.78 is 36.8. The summed E-state index contributed by atoms with van der Waals surface area (Å²) in [4.78, 5) is 38.2. The zero-order valence-corrected chi connectivity index (χ0v) is 22.7. The maximum absolute atomic E-state index is 15.0. The van der Waals surface area contributed by atoms with Crippen LogP contribution in [-0.4, -0.2) is 62.7 Å². The first-order chi connectivity index (χ1) is 19.1. The van der Waals surface area contributed by atoms with Crippen molar-refractivity contribution in [1.29, 1.82) is 0 Å². The van der Waals surface area contributed by atoms with Gasteiger partial charge in [0.2, 0.25) is 17.6 Å². The molecule has 2 bridgehead atoms. The quantitative estimate of drug-likeness (QED) is 0.482. The van der Waals surface area contributed by atoms with Crippen molar-refractivity contribution in [2.75, 3.05) is 28.7 Å². The maximum Gasteiger partial charge on any atom is 0.301 e. The van der Waals surface area contributed by atoms with Gasteiger partial charge in [-0.05, 0) is 49.8 Å². The molecule has 2 unspecified atom stereocenters. The lowest BCUT2D eigenvalue weighted by Crippen LogP contribution is -2.44. The van der Waals surface area contributed by atoms with Crippen LogP contribution >= 0.6 is 11.6 Å². The molecule has 210 valence electrons. The lowest BCUT2D eigenvalue weighted by molar-refractivity contribution is -0.129. The molecule has 5 heterocycles. The standard InChI is InChI=1S/C27H28ClF2N7O3/c1-13(38)37-16-6-8-20(37)36(11-16)26-31-10-18(28)24(34-26)32-15-5-7-19-17(9-15)21-22(25(39)35(19)2)40-12-27(29,30)23(33-21)14-3-4-14/h5,7,9-10,14,16,20,23,33H,3-4,6,8,11-12H2,1-2H3,(H,31,32,34)/t16?,20?,23-/m0/s1. The fourth-order valence-electron chi connectivity index (χ4n) is 6.39. The Morgan fingerprint density at radius 3 is 2.77 bits per heavy atom. The molecule has 4 aliphatic rings. The largest absolute Gasteiger partial charge is 0.480 e. The predicted octanol–water partition coefficient (Wildman–Crippen LogP) is 4.10. The van der Waals surface area contributed by atoms with Gasteiger partial charge < -0.3 is 29.7 Å². The van der Waals surface area contributed by atoms with Crippen molar-refractivity contribution < 1.29 is 18.3 Å². The van der Waals surface area contributed by atoms with Crippen LogP contribution in [0.25, 0.3) is 10.9 Å². The van der Waals surface area contributed by atoms with Crippen molar-refractivity contribution >= 4 is 51.6 Å². The van der Waals surface area contributed by atoms with Crippen molar-refractivity contribution in [3.05, 3.63) is 39.8 Å². The van der Waals surface area contributed by atoms with Gasteiger partial charge in [0.25, 0.3) is 5.56 Å². The summed E-state index contributed by atoms with van der Waals surface area (Å²) >= 11 is 6.47. The van der Waals surface area contributed by atoms with Gasteiger partial charge in [-0.1, -0.05) is 11.6 Å². The SMILES string of the molecule is CC(=O)N1C2CCC1N(c1ncc(Cl)c(Nc3ccc4c(c3)c3c(c(=O)n4C)OCC(F)(F)[C@H](C4CC4)N3)n1)C2. The van der Waals surface area contributed by atoms with E-state index >= 15 is 0 Å². The third kappa shape index (κ3) is 3.94. The molecule has 2 saturated heterocycles. The highest BCUT2D eigenvalue weighted by Crippen LogP contribution is 2.46. The maximum atomic E-state index is 15.0. The van der Waals surface area contributed by atoms with Gasteiger partial charge in [-0.2, -0.15) is 4.98 Å². The molecule has 3 aliphatic heterocycles. The van der Waals surface area contributed by atoms with E-state index in [0.29, 0.717) is 52.8 Å². The Balaban J connectivity index is 1.25. The lowest BCUT2D eigenvalue weighted by Gasteiger charge is -2.27. The van der Waals surface area contributed by atoms with Crippen LogP contribution < -0.4 is 25.8 Å². The molecule has 1 saturated carbocycles. The third-order valence-corrected chi connectivity index (χ3v) is 8.74. The number of rotatable bonds is 4. The van der Waals surface area contributed by atoms with E-state index in [-0.39, 0.29) is 35.5 Å². The van der Waals surface area contributed by atoms with Crippen LogP contribution in [0.15, 0.2) is 29.2 Å². The third-order valence-electron chi connectivity index (χ3n) is 8.46. The number of anilines is 4. The van der Waals surface area contributed by atoms with Gasteiger partial charge in [0, 0.05) is 31.6 Å². The van der Waals surface area contributed by atoms with E-state index in [1.165, 1.54) is 10.8 Å². The number of benzene rings is 1. The van der Waals surface area contributed by atoms with Crippen molar-refractivity contribution in [2.45, 2.75) is 56.8 Å². The van der Waals surface area contributed by atoms with Gasteiger partial charge in [-0.3, -0.25) is 9.59 Å². The summed E-state index contributed by atoms with van der Waals surface area (Å²) in [6.45, 7) is 1.38. The minimum absolute atomic E-state index is 0.0336. The summed E-state index contributed by atoms with van der Waals surface area (Å²) in [7, 11) is 1.59. The van der Waals surface area contributed by atoms with Crippen LogP contribution in [-0.2, 0) is 11.8 Å². The summed E-state index contributed by atoms with van der Waals surface area (Å²) in [5.74, 6) is -2.55. The molecular formula is C27H28ClF2N7O3. The number of aryl methyl sites for hydroxylation is 1. The minimum atomic E-state index is -3.12. The number of halogens is 3. The molecule has 7 rings (SSSR count). The Hall–Kier alpha value is -3.67. The number of carbonyl (C=O) groups is 1. The van der Waals surface area contributed by atoms with Crippen LogP contribution in [0.5, 0.6) is 5.75 Å². The number of alkyl halides is 2. The number of nitrogens with zero attached hydrogens (tertiary/aromatic N) is 5. The van der Waals surface area contributed by atoms with Crippen molar-refractivity contribution in [3.63, 3.8) is 0 Å². The number of carbonyl (C=O) groups excluding carboxylic acids is 1. The summed E-state index contributed by atoms with van der Waals surface area (Å²) in [6, 6.07) is 4.31. The van der Waals surface area contributed by atoms with Gasteiger partial charge in [-0.25, -0.2) is 13.8 Å². The molecule has 0 radical (unpaired) electrons. The second-order valence-corrected chi connectivity index (χ2v) is 11.5. The number of hydrogen-bond donors (Lipinski definition) is 2.